The van der Waals surface area contributed by atoms with Gasteiger partial charge in [0.2, 0.25) is 0 Å². The standard InChI is InChI=1S/C10H16Br2N2S/c1-13-4-3-5-14(2)7-8-6-9(11)10(12)15-8/h6,13H,3-5,7H2,1-2H3. The van der Waals surface area contributed by atoms with Crippen LogP contribution in [0.15, 0.2) is 14.3 Å². The number of halogens is 2. The highest BCUT2D eigenvalue weighted by Gasteiger charge is 2.06. The molecule has 0 bridgehead atoms. The van der Waals surface area contributed by atoms with Crippen molar-refractivity contribution in [1.82, 2.24) is 10.2 Å². The van der Waals surface area contributed by atoms with Gasteiger partial charge in [-0.2, -0.15) is 0 Å². The molecule has 0 aliphatic carbocycles. The molecule has 0 unspecified atom stereocenters. The van der Waals surface area contributed by atoms with Crippen molar-refractivity contribution in [2.75, 3.05) is 27.2 Å². The van der Waals surface area contributed by atoms with Crippen molar-refractivity contribution in [3.63, 3.8) is 0 Å². The zero-order valence-corrected chi connectivity index (χ0v) is 13.0. The van der Waals surface area contributed by atoms with Crippen molar-refractivity contribution in [3.8, 4) is 0 Å². The first-order chi connectivity index (χ1) is 7.13. The zero-order chi connectivity index (χ0) is 11.3. The maximum absolute atomic E-state index is 3.51. The molecule has 0 saturated heterocycles. The van der Waals surface area contributed by atoms with E-state index in [4.69, 9.17) is 0 Å². The van der Waals surface area contributed by atoms with Gasteiger partial charge in [-0.25, -0.2) is 0 Å². The average molecular weight is 356 g/mol. The molecular formula is C10H16Br2N2S. The molecule has 0 aliphatic rings. The van der Waals surface area contributed by atoms with E-state index < -0.39 is 0 Å². The highest BCUT2D eigenvalue weighted by atomic mass is 79.9. The summed E-state index contributed by atoms with van der Waals surface area (Å²) in [4.78, 5) is 3.74. The average Bonchev–Trinajstić information content (AvgIpc) is 2.46. The molecule has 0 radical (unpaired) electrons. The molecule has 1 aromatic heterocycles. The number of nitrogens with one attached hydrogen (secondary N) is 1. The zero-order valence-electron chi connectivity index (χ0n) is 9.02. The van der Waals surface area contributed by atoms with Crippen LogP contribution in [0.2, 0.25) is 0 Å². The number of hydrogen-bond acceptors (Lipinski definition) is 3. The monoisotopic (exact) mass is 354 g/mol. The summed E-state index contributed by atoms with van der Waals surface area (Å²) in [5.74, 6) is 0. The van der Waals surface area contributed by atoms with Crippen LogP contribution in [-0.2, 0) is 6.54 Å². The lowest BCUT2D eigenvalue weighted by atomic mass is 10.3. The van der Waals surface area contributed by atoms with E-state index in [0.29, 0.717) is 0 Å². The van der Waals surface area contributed by atoms with Gasteiger partial charge in [0.05, 0.1) is 3.79 Å². The summed E-state index contributed by atoms with van der Waals surface area (Å²) in [7, 11) is 4.16. The molecule has 86 valence electrons. The second-order valence-electron chi connectivity index (χ2n) is 3.53. The van der Waals surface area contributed by atoms with Crippen molar-refractivity contribution in [1.29, 1.82) is 0 Å². The van der Waals surface area contributed by atoms with Crippen LogP contribution < -0.4 is 5.32 Å². The van der Waals surface area contributed by atoms with Gasteiger partial charge in [-0.05, 0) is 71.5 Å². The summed E-state index contributed by atoms with van der Waals surface area (Å²) in [6, 6.07) is 2.18. The predicted octanol–water partition coefficient (Wildman–Crippen LogP) is 3.31. The lowest BCUT2D eigenvalue weighted by molar-refractivity contribution is 0.324. The van der Waals surface area contributed by atoms with E-state index in [0.717, 1.165) is 24.1 Å². The molecule has 0 fully saturated rings. The maximum Gasteiger partial charge on any atom is 0.0843 e. The third-order valence-corrected chi connectivity index (χ3v) is 5.33. The van der Waals surface area contributed by atoms with Gasteiger partial charge >= 0.3 is 0 Å². The molecule has 0 atom stereocenters. The number of nitrogens with zero attached hydrogens (tertiary/aromatic N) is 1. The number of thiophene rings is 1. The summed E-state index contributed by atoms with van der Waals surface area (Å²) in [5, 5.41) is 3.16. The van der Waals surface area contributed by atoms with Crippen LogP contribution in [0.3, 0.4) is 0 Å². The van der Waals surface area contributed by atoms with Crippen LogP contribution >= 0.6 is 43.2 Å². The van der Waals surface area contributed by atoms with Gasteiger partial charge in [0.15, 0.2) is 0 Å². The molecule has 1 aromatic rings. The Morgan fingerprint density at radius 2 is 2.20 bits per heavy atom. The van der Waals surface area contributed by atoms with Crippen LogP contribution in [0.1, 0.15) is 11.3 Å². The van der Waals surface area contributed by atoms with E-state index in [1.165, 1.54) is 15.1 Å². The maximum atomic E-state index is 3.51. The van der Waals surface area contributed by atoms with Gasteiger partial charge in [-0.15, -0.1) is 11.3 Å². The van der Waals surface area contributed by atoms with Crippen LogP contribution in [0, 0.1) is 0 Å². The molecule has 0 spiro atoms. The Hall–Kier alpha value is 0.580. The first-order valence-corrected chi connectivity index (χ1v) is 7.30. The second kappa shape index (κ2) is 7.01. The third kappa shape index (κ3) is 4.95. The summed E-state index contributed by atoms with van der Waals surface area (Å²) in [5.41, 5.74) is 0. The lowest BCUT2D eigenvalue weighted by Gasteiger charge is -2.14. The topological polar surface area (TPSA) is 15.3 Å². The van der Waals surface area contributed by atoms with Gasteiger partial charge in [0.1, 0.15) is 0 Å². The van der Waals surface area contributed by atoms with Crippen LogP contribution in [0.4, 0.5) is 0 Å². The van der Waals surface area contributed by atoms with Crippen molar-refractivity contribution < 1.29 is 0 Å². The van der Waals surface area contributed by atoms with Crippen LogP contribution in [0.5, 0.6) is 0 Å². The highest BCUT2D eigenvalue weighted by molar-refractivity contribution is 9.13. The molecule has 0 aliphatic heterocycles. The molecule has 1 N–H and O–H groups in total. The van der Waals surface area contributed by atoms with Crippen molar-refractivity contribution in [2.45, 2.75) is 13.0 Å². The molecule has 5 heteroatoms. The predicted molar refractivity (Wildman–Crippen MR) is 74.6 cm³/mol. The second-order valence-corrected chi connectivity index (χ2v) is 6.84. The third-order valence-electron chi connectivity index (χ3n) is 2.09. The summed E-state index contributed by atoms with van der Waals surface area (Å²) < 4.78 is 2.34. The lowest BCUT2D eigenvalue weighted by Crippen LogP contribution is -2.21. The van der Waals surface area contributed by atoms with Gasteiger partial charge in [-0.1, -0.05) is 0 Å². The SMILES string of the molecule is CNCCCN(C)Cc1cc(Br)c(Br)s1. The van der Waals surface area contributed by atoms with Crippen molar-refractivity contribution in [3.05, 3.63) is 19.2 Å². The Morgan fingerprint density at radius 3 is 2.73 bits per heavy atom. The Morgan fingerprint density at radius 1 is 1.47 bits per heavy atom. The minimum absolute atomic E-state index is 1.03. The minimum Gasteiger partial charge on any atom is -0.320 e. The molecule has 15 heavy (non-hydrogen) atoms. The first kappa shape index (κ1) is 13.6. The van der Waals surface area contributed by atoms with Crippen LogP contribution in [-0.4, -0.2) is 32.1 Å². The fraction of sp³-hybridized carbons (Fsp3) is 0.600. The number of rotatable bonds is 6. The quantitative estimate of drug-likeness (QED) is 0.787. The summed E-state index contributed by atoms with van der Waals surface area (Å²) in [6.07, 6.45) is 1.20. The van der Waals surface area contributed by atoms with E-state index in [-0.39, 0.29) is 0 Å². The molecule has 1 heterocycles. The van der Waals surface area contributed by atoms with E-state index in [1.54, 1.807) is 11.3 Å². The molecule has 2 nitrogen and oxygen atoms in total. The molecule has 0 aromatic carbocycles. The Labute approximate surface area is 112 Å². The molecule has 0 saturated carbocycles. The Bertz CT molecular complexity index is 282. The first-order valence-electron chi connectivity index (χ1n) is 4.90. The van der Waals surface area contributed by atoms with Gasteiger partial charge in [-0.3, -0.25) is 0 Å². The summed E-state index contributed by atoms with van der Waals surface area (Å²) >= 11 is 8.81. The molecule has 1 rings (SSSR count). The number of hydrogen-bond donors (Lipinski definition) is 1. The molecule has 0 amide bonds. The van der Waals surface area contributed by atoms with Crippen LogP contribution in [0.25, 0.3) is 0 Å². The van der Waals surface area contributed by atoms with E-state index >= 15 is 0 Å². The van der Waals surface area contributed by atoms with E-state index in [9.17, 15) is 0 Å². The smallest absolute Gasteiger partial charge is 0.0843 e. The van der Waals surface area contributed by atoms with E-state index in [1.807, 2.05) is 7.05 Å². The van der Waals surface area contributed by atoms with Gasteiger partial charge < -0.3 is 10.2 Å². The Kier molecular flexibility index (Phi) is 6.38. The Balaban J connectivity index is 2.34. The fourth-order valence-corrected chi connectivity index (χ4v) is 3.60. The normalized spacial score (nSPS) is 11.3. The van der Waals surface area contributed by atoms with Gasteiger partial charge in [0, 0.05) is 15.9 Å². The minimum atomic E-state index is 1.03. The van der Waals surface area contributed by atoms with Crippen molar-refractivity contribution in [2.24, 2.45) is 0 Å². The highest BCUT2D eigenvalue weighted by Crippen LogP contribution is 2.32. The van der Waals surface area contributed by atoms with Gasteiger partial charge in [0.25, 0.3) is 0 Å². The van der Waals surface area contributed by atoms with E-state index in [2.05, 4.69) is 55.2 Å². The summed E-state index contributed by atoms with van der Waals surface area (Å²) in [6.45, 7) is 3.24. The van der Waals surface area contributed by atoms with Crippen molar-refractivity contribution >= 4 is 43.2 Å². The fourth-order valence-electron chi connectivity index (χ4n) is 1.34. The largest absolute Gasteiger partial charge is 0.320 e. The molecular weight excluding hydrogens is 340 g/mol.